The molecule has 0 atom stereocenters. The monoisotopic (exact) mass is 512 g/mol. The van der Waals surface area contributed by atoms with E-state index in [2.05, 4.69) is 10.2 Å². The fraction of sp³-hybridized carbons (Fsp3) is 0.0833. The molecule has 178 valence electrons. The molecule has 4 rings (SSSR count). The number of carbonyl (C=O) groups is 2. The maximum atomic E-state index is 11.9. The van der Waals surface area contributed by atoms with Gasteiger partial charge in [-0.3, -0.25) is 0 Å². The van der Waals surface area contributed by atoms with Crippen LogP contribution in [0.25, 0.3) is 28.9 Å². The molecule has 0 amide bonds. The van der Waals surface area contributed by atoms with E-state index in [4.69, 9.17) is 29.9 Å². The van der Waals surface area contributed by atoms with Gasteiger partial charge in [-0.05, 0) is 54.2 Å². The summed E-state index contributed by atoms with van der Waals surface area (Å²) < 4.78 is 21.4. The van der Waals surface area contributed by atoms with Gasteiger partial charge >= 0.3 is 11.9 Å². The standard InChI is InChI=1S/C24H17ClN2O7S/c1-31-19-8-6-15(25)11-17(19)21-26-27-24(34-21)35-20(22(28)29)12-16-7-9-18(33-16)13-4-3-5-14(10-13)23(30)32-2/h3-12H,1-2H3,(H,28,29)/b20-12-. The van der Waals surface area contributed by atoms with Gasteiger partial charge < -0.3 is 23.4 Å². The lowest BCUT2D eigenvalue weighted by Crippen LogP contribution is -2.00. The van der Waals surface area contributed by atoms with Crippen LogP contribution in [0.1, 0.15) is 16.1 Å². The topological polar surface area (TPSA) is 125 Å². The minimum absolute atomic E-state index is 0.00763. The highest BCUT2D eigenvalue weighted by molar-refractivity contribution is 8.03. The quantitative estimate of drug-likeness (QED) is 0.179. The van der Waals surface area contributed by atoms with Gasteiger partial charge in [0.15, 0.2) is 0 Å². The van der Waals surface area contributed by atoms with Gasteiger partial charge in [0, 0.05) is 16.7 Å². The molecule has 0 saturated heterocycles. The number of hydrogen-bond donors (Lipinski definition) is 1. The zero-order valence-electron chi connectivity index (χ0n) is 18.4. The van der Waals surface area contributed by atoms with Crippen LogP contribution in [0, 0.1) is 0 Å². The highest BCUT2D eigenvalue weighted by Gasteiger charge is 2.19. The number of methoxy groups -OCH3 is 2. The number of aromatic nitrogens is 2. The van der Waals surface area contributed by atoms with E-state index >= 15 is 0 Å². The van der Waals surface area contributed by atoms with E-state index in [1.807, 2.05) is 0 Å². The Balaban J connectivity index is 1.58. The Morgan fingerprint density at radius 2 is 1.89 bits per heavy atom. The van der Waals surface area contributed by atoms with E-state index < -0.39 is 11.9 Å². The summed E-state index contributed by atoms with van der Waals surface area (Å²) in [5.74, 6) is -0.349. The van der Waals surface area contributed by atoms with Crippen molar-refractivity contribution in [2.24, 2.45) is 0 Å². The average molecular weight is 513 g/mol. The first-order valence-corrected chi connectivity index (χ1v) is 11.2. The third-order valence-electron chi connectivity index (χ3n) is 4.67. The summed E-state index contributed by atoms with van der Waals surface area (Å²) in [7, 11) is 2.79. The Hall–Kier alpha value is -4.02. The molecule has 0 aliphatic heterocycles. The summed E-state index contributed by atoms with van der Waals surface area (Å²) >= 11 is 6.82. The molecule has 4 aromatic rings. The molecule has 0 saturated carbocycles. The second kappa shape index (κ2) is 10.5. The van der Waals surface area contributed by atoms with Gasteiger partial charge in [0.1, 0.15) is 22.2 Å². The minimum atomic E-state index is -1.21. The van der Waals surface area contributed by atoms with Crippen LogP contribution in [-0.4, -0.2) is 41.5 Å². The predicted molar refractivity (Wildman–Crippen MR) is 128 cm³/mol. The number of nitrogens with zero attached hydrogens (tertiary/aromatic N) is 2. The highest BCUT2D eigenvalue weighted by Crippen LogP contribution is 2.35. The van der Waals surface area contributed by atoms with Gasteiger partial charge in [0.05, 0.1) is 25.3 Å². The summed E-state index contributed by atoms with van der Waals surface area (Å²) in [6, 6.07) is 14.9. The Morgan fingerprint density at radius 1 is 1.06 bits per heavy atom. The molecule has 11 heteroatoms. The fourth-order valence-electron chi connectivity index (χ4n) is 3.07. The molecule has 35 heavy (non-hydrogen) atoms. The molecule has 2 heterocycles. The van der Waals surface area contributed by atoms with Crippen LogP contribution in [0.2, 0.25) is 5.02 Å². The average Bonchev–Trinajstić information content (AvgIpc) is 3.53. The van der Waals surface area contributed by atoms with Crippen molar-refractivity contribution in [1.29, 1.82) is 0 Å². The number of esters is 1. The van der Waals surface area contributed by atoms with Gasteiger partial charge in [0.2, 0.25) is 0 Å². The maximum Gasteiger partial charge on any atom is 0.342 e. The number of furan rings is 1. The summed E-state index contributed by atoms with van der Waals surface area (Å²) in [4.78, 5) is 23.5. The number of carbonyl (C=O) groups excluding carboxylic acids is 1. The maximum absolute atomic E-state index is 11.9. The number of halogens is 1. The van der Waals surface area contributed by atoms with Crippen LogP contribution in [0.5, 0.6) is 5.75 Å². The molecule has 0 aliphatic carbocycles. The first kappa shape index (κ1) is 24.1. The fourth-order valence-corrected chi connectivity index (χ4v) is 3.89. The molecular weight excluding hydrogens is 496 g/mol. The number of ether oxygens (including phenoxy) is 2. The van der Waals surface area contributed by atoms with Gasteiger partial charge in [-0.2, -0.15) is 0 Å². The number of aliphatic carboxylic acids is 1. The third kappa shape index (κ3) is 5.56. The van der Waals surface area contributed by atoms with Gasteiger partial charge in [-0.15, -0.1) is 10.2 Å². The summed E-state index contributed by atoms with van der Waals surface area (Å²) in [5, 5.41) is 18.0. The second-order valence-electron chi connectivity index (χ2n) is 6.91. The molecule has 2 aromatic carbocycles. The lowest BCUT2D eigenvalue weighted by molar-refractivity contribution is -0.131. The predicted octanol–water partition coefficient (Wildman–Crippen LogP) is 5.66. The number of benzene rings is 2. The number of hydrogen-bond acceptors (Lipinski definition) is 9. The largest absolute Gasteiger partial charge is 0.496 e. The van der Waals surface area contributed by atoms with Crippen LogP contribution in [-0.2, 0) is 9.53 Å². The molecule has 2 aromatic heterocycles. The summed E-state index contributed by atoms with van der Waals surface area (Å²) in [5.41, 5.74) is 1.47. The molecule has 1 N–H and O–H groups in total. The van der Waals surface area contributed by atoms with Crippen LogP contribution in [0.4, 0.5) is 0 Å². The van der Waals surface area contributed by atoms with Crippen molar-refractivity contribution in [3.8, 4) is 28.5 Å². The van der Waals surface area contributed by atoms with Crippen molar-refractivity contribution >= 4 is 41.4 Å². The van der Waals surface area contributed by atoms with Crippen LogP contribution in [0.15, 0.2) is 73.6 Å². The molecule has 0 spiro atoms. The number of carboxylic acid groups (broad SMARTS) is 1. The van der Waals surface area contributed by atoms with Crippen LogP contribution >= 0.6 is 23.4 Å². The Morgan fingerprint density at radius 3 is 2.63 bits per heavy atom. The first-order chi connectivity index (χ1) is 16.9. The zero-order chi connectivity index (χ0) is 24.9. The van der Waals surface area contributed by atoms with Crippen molar-refractivity contribution in [3.63, 3.8) is 0 Å². The molecule has 0 bridgehead atoms. The Kier molecular flexibility index (Phi) is 7.23. The first-order valence-electron chi connectivity index (χ1n) is 9.96. The van der Waals surface area contributed by atoms with Gasteiger partial charge in [-0.1, -0.05) is 23.7 Å². The second-order valence-corrected chi connectivity index (χ2v) is 8.34. The van der Waals surface area contributed by atoms with Gasteiger partial charge in [0.25, 0.3) is 11.1 Å². The molecule has 0 aliphatic rings. The normalized spacial score (nSPS) is 11.3. The van der Waals surface area contributed by atoms with E-state index in [-0.39, 0.29) is 21.8 Å². The summed E-state index contributed by atoms with van der Waals surface area (Å²) in [6.45, 7) is 0. The molecule has 0 unspecified atom stereocenters. The zero-order valence-corrected chi connectivity index (χ0v) is 19.9. The van der Waals surface area contributed by atoms with Crippen LogP contribution in [0.3, 0.4) is 0 Å². The third-order valence-corrected chi connectivity index (χ3v) is 5.76. The van der Waals surface area contributed by atoms with Gasteiger partial charge in [-0.25, -0.2) is 9.59 Å². The highest BCUT2D eigenvalue weighted by atomic mass is 35.5. The van der Waals surface area contributed by atoms with Crippen LogP contribution < -0.4 is 4.74 Å². The lowest BCUT2D eigenvalue weighted by Gasteiger charge is -2.04. The SMILES string of the molecule is COC(=O)c1cccc(-c2ccc(/C=C(\Sc3nnc(-c4cc(Cl)ccc4OC)o3)C(=O)O)o2)c1. The molecule has 0 radical (unpaired) electrons. The van der Waals surface area contributed by atoms with E-state index in [1.165, 1.54) is 20.3 Å². The molecular formula is C24H17ClN2O7S. The minimum Gasteiger partial charge on any atom is -0.496 e. The van der Waals surface area contributed by atoms with Crippen molar-refractivity contribution in [1.82, 2.24) is 10.2 Å². The number of rotatable bonds is 8. The molecule has 0 fully saturated rings. The van der Waals surface area contributed by atoms with E-state index in [0.717, 1.165) is 11.8 Å². The Labute approximate surface area is 208 Å². The van der Waals surface area contributed by atoms with E-state index in [0.29, 0.717) is 33.2 Å². The van der Waals surface area contributed by atoms with Crippen molar-refractivity contribution in [2.75, 3.05) is 14.2 Å². The van der Waals surface area contributed by atoms with E-state index in [1.54, 1.807) is 54.6 Å². The smallest absolute Gasteiger partial charge is 0.342 e. The van der Waals surface area contributed by atoms with Crippen molar-refractivity contribution in [3.05, 3.63) is 75.8 Å². The Bertz CT molecular complexity index is 1430. The van der Waals surface area contributed by atoms with Crippen molar-refractivity contribution in [2.45, 2.75) is 5.22 Å². The number of carboxylic acids is 1. The molecule has 9 nitrogen and oxygen atoms in total. The number of thioether (sulfide) groups is 1. The van der Waals surface area contributed by atoms with Crippen molar-refractivity contribution < 1.29 is 33.0 Å². The van der Waals surface area contributed by atoms with E-state index in [9.17, 15) is 14.7 Å². The lowest BCUT2D eigenvalue weighted by atomic mass is 10.1. The summed E-state index contributed by atoms with van der Waals surface area (Å²) in [6.07, 6.45) is 1.34.